The molecule has 48 heavy (non-hydrogen) atoms. The van der Waals surface area contributed by atoms with Gasteiger partial charge in [-0.2, -0.15) is 13.2 Å². The number of alkyl halides is 3. The summed E-state index contributed by atoms with van der Waals surface area (Å²) >= 11 is 0. The van der Waals surface area contributed by atoms with E-state index in [1.54, 1.807) is 60.7 Å². The molecule has 0 saturated carbocycles. The van der Waals surface area contributed by atoms with Crippen molar-refractivity contribution in [2.75, 3.05) is 25.6 Å². The SMILES string of the molecule is CC(Cc1cccc(C(F)(F)F)c1)NCCOC(=O)c1ccccc1.COC(=O)Nc1nc2ccc(C(=O)c3ccccc3)cc2[nH]1.Cl. The van der Waals surface area contributed by atoms with E-state index < -0.39 is 23.8 Å². The normalized spacial score (nSPS) is 11.4. The lowest BCUT2D eigenvalue weighted by molar-refractivity contribution is -0.137. The van der Waals surface area contributed by atoms with E-state index in [4.69, 9.17) is 4.74 Å². The van der Waals surface area contributed by atoms with E-state index in [2.05, 4.69) is 25.3 Å². The van der Waals surface area contributed by atoms with Crippen molar-refractivity contribution in [2.24, 2.45) is 0 Å². The van der Waals surface area contributed by atoms with Crippen molar-refractivity contribution < 1.29 is 37.0 Å². The highest BCUT2D eigenvalue weighted by Crippen LogP contribution is 2.29. The number of aromatic amines is 1. The molecule has 1 heterocycles. The Morgan fingerprint density at radius 2 is 1.52 bits per heavy atom. The van der Waals surface area contributed by atoms with Crippen molar-refractivity contribution in [1.82, 2.24) is 15.3 Å². The Morgan fingerprint density at radius 3 is 2.17 bits per heavy atom. The molecule has 0 saturated heterocycles. The van der Waals surface area contributed by atoms with Crippen molar-refractivity contribution in [3.05, 3.63) is 131 Å². The third-order valence-electron chi connectivity index (χ3n) is 6.82. The minimum atomic E-state index is -4.34. The monoisotopic (exact) mass is 682 g/mol. The van der Waals surface area contributed by atoms with Crippen molar-refractivity contribution in [3.8, 4) is 0 Å². The number of imidazole rings is 1. The van der Waals surface area contributed by atoms with E-state index in [1.165, 1.54) is 13.2 Å². The van der Waals surface area contributed by atoms with E-state index in [1.807, 2.05) is 31.2 Å². The van der Waals surface area contributed by atoms with Gasteiger partial charge in [-0.15, -0.1) is 12.4 Å². The quantitative estimate of drug-likeness (QED) is 0.0793. The van der Waals surface area contributed by atoms with Gasteiger partial charge in [0.15, 0.2) is 5.78 Å². The number of anilines is 1. The van der Waals surface area contributed by atoms with Gasteiger partial charge in [0.1, 0.15) is 6.61 Å². The summed E-state index contributed by atoms with van der Waals surface area (Å²) in [6, 6.07) is 28.1. The molecule has 0 spiro atoms. The van der Waals surface area contributed by atoms with Crippen LogP contribution in [0.15, 0.2) is 103 Å². The Labute approximate surface area is 281 Å². The number of carbonyl (C=O) groups is 3. The number of esters is 1. The number of ketones is 1. The number of hydrogen-bond donors (Lipinski definition) is 3. The first-order chi connectivity index (χ1) is 22.5. The number of H-pyrrole nitrogens is 1. The number of rotatable bonds is 10. The van der Waals surface area contributed by atoms with E-state index in [0.717, 1.165) is 12.1 Å². The lowest BCUT2D eigenvalue weighted by Gasteiger charge is -2.15. The molecule has 9 nitrogen and oxygen atoms in total. The Kier molecular flexibility index (Phi) is 13.7. The highest BCUT2D eigenvalue weighted by Gasteiger charge is 2.30. The summed E-state index contributed by atoms with van der Waals surface area (Å²) in [6.45, 7) is 2.50. The van der Waals surface area contributed by atoms with Crippen LogP contribution >= 0.6 is 12.4 Å². The molecule has 5 aromatic rings. The fraction of sp³-hybridized carbons (Fsp3) is 0.200. The second kappa shape index (κ2) is 17.6. The molecular weight excluding hydrogens is 649 g/mol. The fourth-order valence-electron chi connectivity index (χ4n) is 4.52. The van der Waals surface area contributed by atoms with Crippen molar-refractivity contribution in [1.29, 1.82) is 0 Å². The molecule has 3 N–H and O–H groups in total. The van der Waals surface area contributed by atoms with Crippen LogP contribution in [0, 0.1) is 0 Å². The summed E-state index contributed by atoms with van der Waals surface area (Å²) in [6.07, 6.45) is -4.49. The third kappa shape index (κ3) is 11.0. The van der Waals surface area contributed by atoms with E-state index >= 15 is 0 Å². The minimum absolute atomic E-state index is 0. The minimum Gasteiger partial charge on any atom is -0.461 e. The largest absolute Gasteiger partial charge is 0.461 e. The first-order valence-electron chi connectivity index (χ1n) is 14.6. The summed E-state index contributed by atoms with van der Waals surface area (Å²) in [5, 5.41) is 5.59. The number of ether oxygens (including phenoxy) is 2. The predicted molar refractivity (Wildman–Crippen MR) is 179 cm³/mol. The predicted octanol–water partition coefficient (Wildman–Crippen LogP) is 7.48. The van der Waals surface area contributed by atoms with Crippen molar-refractivity contribution >= 4 is 47.2 Å². The van der Waals surface area contributed by atoms with Gasteiger partial charge in [0.25, 0.3) is 0 Å². The maximum Gasteiger partial charge on any atom is 0.416 e. The van der Waals surface area contributed by atoms with Crippen molar-refractivity contribution in [3.63, 3.8) is 0 Å². The standard InChI is InChI=1S/C19H20F3NO2.C16H13N3O3.ClH/c1-14(12-15-6-5-9-17(13-15)19(20,21)22)23-10-11-25-18(24)16-7-3-2-4-8-16;1-22-16(21)19-15-17-12-8-7-11(9-13(12)18-15)14(20)10-5-3-2-4-6-10;/h2-9,13-14,23H,10-12H2,1H3;2-9H,1H3,(H2,17,18,19,21);1H. The van der Waals surface area contributed by atoms with Crippen LogP contribution in [0.1, 0.15) is 44.3 Å². The molecule has 0 fully saturated rings. The van der Waals surface area contributed by atoms with Crippen LogP contribution in [0.25, 0.3) is 11.0 Å². The lowest BCUT2D eigenvalue weighted by atomic mass is 10.0. The number of carbonyl (C=O) groups excluding carboxylic acids is 3. The zero-order chi connectivity index (χ0) is 33.8. The van der Waals surface area contributed by atoms with Gasteiger partial charge in [-0.3, -0.25) is 10.1 Å². The average molecular weight is 683 g/mol. The van der Waals surface area contributed by atoms with Gasteiger partial charge in [-0.05, 0) is 55.3 Å². The molecular formula is C35H34ClF3N4O5. The van der Waals surface area contributed by atoms with Crippen LogP contribution in [0.4, 0.5) is 23.9 Å². The van der Waals surface area contributed by atoms with Crippen LogP contribution < -0.4 is 10.6 Å². The highest BCUT2D eigenvalue weighted by atomic mass is 35.5. The number of halogens is 4. The molecule has 0 radical (unpaired) electrons. The zero-order valence-electron chi connectivity index (χ0n) is 26.0. The van der Waals surface area contributed by atoms with Crippen molar-refractivity contribution in [2.45, 2.75) is 25.6 Å². The van der Waals surface area contributed by atoms with Gasteiger partial charge in [-0.1, -0.05) is 66.7 Å². The summed E-state index contributed by atoms with van der Waals surface area (Å²) in [4.78, 5) is 42.5. The number of hydrogen-bond acceptors (Lipinski definition) is 7. The molecule has 13 heteroatoms. The molecule has 4 aromatic carbocycles. The number of aromatic nitrogens is 2. The molecule has 1 aromatic heterocycles. The van der Waals surface area contributed by atoms with Crippen LogP contribution in [0.2, 0.25) is 0 Å². The smallest absolute Gasteiger partial charge is 0.416 e. The molecule has 0 aliphatic heterocycles. The van der Waals surface area contributed by atoms with Gasteiger partial charge in [0.2, 0.25) is 5.95 Å². The summed E-state index contributed by atoms with van der Waals surface area (Å²) in [5.74, 6) is -0.196. The topological polar surface area (TPSA) is 122 Å². The number of benzene rings is 4. The fourth-order valence-corrected chi connectivity index (χ4v) is 4.52. The Hall–Kier alpha value is -5.20. The van der Waals surface area contributed by atoms with Crippen LogP contribution in [-0.2, 0) is 22.1 Å². The number of amides is 1. The first-order valence-corrected chi connectivity index (χ1v) is 14.6. The summed E-state index contributed by atoms with van der Waals surface area (Å²) < 4.78 is 47.8. The molecule has 1 amide bonds. The zero-order valence-corrected chi connectivity index (χ0v) is 26.9. The Bertz CT molecular complexity index is 1800. The van der Waals surface area contributed by atoms with Gasteiger partial charge in [0, 0.05) is 23.7 Å². The third-order valence-corrected chi connectivity index (χ3v) is 6.82. The van der Waals surface area contributed by atoms with Gasteiger partial charge >= 0.3 is 18.2 Å². The molecule has 0 aliphatic rings. The molecule has 0 bridgehead atoms. The van der Waals surface area contributed by atoms with Gasteiger partial charge < -0.3 is 19.8 Å². The lowest BCUT2D eigenvalue weighted by Crippen LogP contribution is -2.31. The van der Waals surface area contributed by atoms with E-state index in [-0.39, 0.29) is 36.8 Å². The number of nitrogens with one attached hydrogen (secondary N) is 3. The molecule has 1 unspecified atom stereocenters. The maximum atomic E-state index is 12.7. The average Bonchev–Trinajstić information content (AvgIpc) is 3.48. The summed E-state index contributed by atoms with van der Waals surface area (Å²) in [7, 11) is 1.27. The van der Waals surface area contributed by atoms with E-state index in [9.17, 15) is 27.6 Å². The van der Waals surface area contributed by atoms with Gasteiger partial charge in [-0.25, -0.2) is 14.6 Å². The second-order valence-electron chi connectivity index (χ2n) is 10.4. The van der Waals surface area contributed by atoms with Gasteiger partial charge in [0.05, 0.1) is 29.3 Å². The van der Waals surface area contributed by atoms with Crippen LogP contribution in [-0.4, -0.2) is 54.1 Å². The first kappa shape index (κ1) is 37.3. The number of fused-ring (bicyclic) bond motifs is 1. The molecule has 5 rings (SSSR count). The summed E-state index contributed by atoms with van der Waals surface area (Å²) in [5.41, 5.74) is 2.93. The van der Waals surface area contributed by atoms with Crippen LogP contribution in [0.5, 0.6) is 0 Å². The Morgan fingerprint density at radius 1 is 0.854 bits per heavy atom. The van der Waals surface area contributed by atoms with E-state index in [0.29, 0.717) is 46.3 Å². The molecule has 1 atom stereocenters. The maximum absolute atomic E-state index is 12.7. The number of methoxy groups -OCH3 is 1. The second-order valence-corrected chi connectivity index (χ2v) is 10.4. The Balaban J connectivity index is 0.000000257. The van der Waals surface area contributed by atoms with Crippen LogP contribution in [0.3, 0.4) is 0 Å². The molecule has 252 valence electrons. The number of nitrogens with zero attached hydrogens (tertiary/aromatic N) is 1. The molecule has 0 aliphatic carbocycles. The highest BCUT2D eigenvalue weighted by molar-refractivity contribution is 6.10.